The first kappa shape index (κ1) is 32.2. The molecule has 2 heterocycles. The van der Waals surface area contributed by atoms with Gasteiger partial charge in [-0.25, -0.2) is 0 Å². The van der Waals surface area contributed by atoms with Crippen LogP contribution in [-0.4, -0.2) is 96.9 Å². The number of rotatable bonds is 17. The second-order valence-corrected chi connectivity index (χ2v) is 12.4. The van der Waals surface area contributed by atoms with Crippen LogP contribution in [0.1, 0.15) is 48.8 Å². The number of fused-ring (bicyclic) bond motifs is 1. The van der Waals surface area contributed by atoms with Crippen LogP contribution in [0.2, 0.25) is 0 Å². The van der Waals surface area contributed by atoms with Gasteiger partial charge in [0.25, 0.3) is 0 Å². The van der Waals surface area contributed by atoms with E-state index in [2.05, 4.69) is 52.7 Å². The van der Waals surface area contributed by atoms with E-state index in [1.54, 1.807) is 21.1 Å². The fourth-order valence-electron chi connectivity index (χ4n) is 6.16. The maximum Gasteiger partial charge on any atom is 0.142 e. The number of methoxy groups -OCH3 is 2. The van der Waals surface area contributed by atoms with Gasteiger partial charge in [-0.1, -0.05) is 30.3 Å². The third kappa shape index (κ3) is 8.91. The van der Waals surface area contributed by atoms with Crippen LogP contribution in [0.15, 0.2) is 42.5 Å². The van der Waals surface area contributed by atoms with E-state index in [4.69, 9.17) is 28.4 Å². The summed E-state index contributed by atoms with van der Waals surface area (Å²) in [5, 5.41) is 13.4. The second-order valence-electron chi connectivity index (χ2n) is 12.4. The standard InChI is InChI=1S/C34H50N2O7/c1-25(37)20-42-31-18-35-19-32(33(31)28-8-5-26(6-9-28)21-40-24-34(11-12-34)23-39-3)43-22-27-7-10-30-29(17-27)36(14-16-41-30)13-4-15-38-2/h5-10,17,25,31-33,35,37H,4,11-16,18-24H2,1-3H3/t25?,31-,32+,33+/m1/s1. The molecule has 4 atom stereocenters. The molecule has 9 nitrogen and oxygen atoms in total. The first-order chi connectivity index (χ1) is 21.0. The van der Waals surface area contributed by atoms with Crippen molar-refractivity contribution in [3.63, 3.8) is 0 Å². The molecular weight excluding hydrogens is 548 g/mol. The van der Waals surface area contributed by atoms with Crippen molar-refractivity contribution in [1.82, 2.24) is 5.32 Å². The number of aliphatic hydroxyl groups is 1. The van der Waals surface area contributed by atoms with Gasteiger partial charge >= 0.3 is 0 Å². The molecule has 2 aromatic carbocycles. The molecule has 1 saturated heterocycles. The van der Waals surface area contributed by atoms with Crippen molar-refractivity contribution in [2.24, 2.45) is 5.41 Å². The van der Waals surface area contributed by atoms with Crippen LogP contribution in [0.4, 0.5) is 5.69 Å². The number of aliphatic hydroxyl groups excluding tert-OH is 1. The lowest BCUT2D eigenvalue weighted by atomic mass is 9.85. The SMILES string of the molecule is COCCCN1CCOc2ccc(CO[C@H]3CNC[C@@H](OCC(C)O)[C@@H]3c3ccc(COCC4(COC)CC4)cc3)cc21. The van der Waals surface area contributed by atoms with Crippen molar-refractivity contribution in [3.8, 4) is 5.75 Å². The van der Waals surface area contributed by atoms with E-state index in [1.165, 1.54) is 18.4 Å². The van der Waals surface area contributed by atoms with Crippen LogP contribution in [-0.2, 0) is 36.9 Å². The number of nitrogens with zero attached hydrogens (tertiary/aromatic N) is 1. The molecule has 0 radical (unpaired) electrons. The zero-order valence-electron chi connectivity index (χ0n) is 26.1. The summed E-state index contributed by atoms with van der Waals surface area (Å²) in [6.45, 7) is 9.28. The molecule has 9 heteroatoms. The van der Waals surface area contributed by atoms with Gasteiger partial charge in [-0.05, 0) is 55.0 Å². The highest BCUT2D eigenvalue weighted by molar-refractivity contribution is 5.61. The number of piperidine rings is 1. The summed E-state index contributed by atoms with van der Waals surface area (Å²) in [6.07, 6.45) is 2.59. The number of anilines is 1. The molecule has 2 N–H and O–H groups in total. The Kier molecular flexibility index (Phi) is 11.7. The van der Waals surface area contributed by atoms with Crippen LogP contribution in [0.5, 0.6) is 5.75 Å². The Hall–Kier alpha value is -2.24. The lowest BCUT2D eigenvalue weighted by molar-refractivity contribution is -0.0752. The number of hydrogen-bond acceptors (Lipinski definition) is 9. The summed E-state index contributed by atoms with van der Waals surface area (Å²) in [6, 6.07) is 15.0. The Labute approximate surface area is 256 Å². The lowest BCUT2D eigenvalue weighted by Crippen LogP contribution is -2.51. The summed E-state index contributed by atoms with van der Waals surface area (Å²) in [4.78, 5) is 2.37. The van der Waals surface area contributed by atoms with Gasteiger partial charge < -0.3 is 43.7 Å². The summed E-state index contributed by atoms with van der Waals surface area (Å²) in [5.74, 6) is 0.948. The molecule has 5 rings (SSSR count). The van der Waals surface area contributed by atoms with E-state index < -0.39 is 6.10 Å². The molecule has 2 aliphatic heterocycles. The highest BCUT2D eigenvalue weighted by atomic mass is 16.5. The first-order valence-corrected chi connectivity index (χ1v) is 15.8. The van der Waals surface area contributed by atoms with Crippen LogP contribution >= 0.6 is 0 Å². The summed E-state index contributed by atoms with van der Waals surface area (Å²) in [5.41, 5.74) is 4.77. The van der Waals surface area contributed by atoms with Gasteiger partial charge in [-0.3, -0.25) is 0 Å². The van der Waals surface area contributed by atoms with Gasteiger partial charge in [0.1, 0.15) is 12.4 Å². The predicted molar refractivity (Wildman–Crippen MR) is 166 cm³/mol. The van der Waals surface area contributed by atoms with Crippen LogP contribution < -0.4 is 15.0 Å². The number of hydrogen-bond donors (Lipinski definition) is 2. The molecule has 1 saturated carbocycles. The van der Waals surface area contributed by atoms with E-state index in [0.29, 0.717) is 26.4 Å². The minimum atomic E-state index is -0.529. The number of nitrogens with one attached hydrogen (secondary N) is 1. The van der Waals surface area contributed by atoms with Gasteiger partial charge in [0.15, 0.2) is 0 Å². The van der Waals surface area contributed by atoms with Crippen molar-refractivity contribution in [3.05, 3.63) is 59.2 Å². The van der Waals surface area contributed by atoms with Gasteiger partial charge in [0.05, 0.1) is 63.6 Å². The Morgan fingerprint density at radius 1 is 0.977 bits per heavy atom. The third-order valence-corrected chi connectivity index (χ3v) is 8.72. The van der Waals surface area contributed by atoms with Crippen molar-refractivity contribution in [1.29, 1.82) is 0 Å². The van der Waals surface area contributed by atoms with Gasteiger partial charge in [-0.2, -0.15) is 0 Å². The predicted octanol–water partition coefficient (Wildman–Crippen LogP) is 3.90. The molecule has 3 aliphatic rings. The van der Waals surface area contributed by atoms with Crippen molar-refractivity contribution >= 4 is 5.69 Å². The van der Waals surface area contributed by atoms with E-state index in [0.717, 1.165) is 68.4 Å². The smallest absolute Gasteiger partial charge is 0.142 e. The van der Waals surface area contributed by atoms with E-state index >= 15 is 0 Å². The minimum Gasteiger partial charge on any atom is -0.490 e. The maximum absolute atomic E-state index is 9.94. The normalized spacial score (nSPS) is 23.4. The highest BCUT2D eigenvalue weighted by Crippen LogP contribution is 2.46. The Bertz CT molecular complexity index is 1120. The Morgan fingerprint density at radius 3 is 2.47 bits per heavy atom. The molecule has 0 spiro atoms. The first-order valence-electron chi connectivity index (χ1n) is 15.8. The van der Waals surface area contributed by atoms with Gasteiger partial charge in [0.2, 0.25) is 0 Å². The molecule has 0 bridgehead atoms. The van der Waals surface area contributed by atoms with E-state index in [-0.39, 0.29) is 30.1 Å². The maximum atomic E-state index is 9.94. The molecule has 1 unspecified atom stereocenters. The molecular formula is C34H50N2O7. The van der Waals surface area contributed by atoms with Crippen molar-refractivity contribution in [2.75, 3.05) is 78.3 Å². The summed E-state index contributed by atoms with van der Waals surface area (Å²) >= 11 is 0. The average molecular weight is 599 g/mol. The van der Waals surface area contributed by atoms with Gasteiger partial charge in [-0.15, -0.1) is 0 Å². The molecule has 238 valence electrons. The fourth-order valence-corrected chi connectivity index (χ4v) is 6.16. The van der Waals surface area contributed by atoms with Crippen LogP contribution in [0.25, 0.3) is 0 Å². The minimum absolute atomic E-state index is 0.0258. The molecule has 2 fully saturated rings. The Balaban J connectivity index is 1.25. The van der Waals surface area contributed by atoms with Gasteiger partial charge in [0, 0.05) is 51.8 Å². The topological polar surface area (TPSA) is 90.9 Å². The van der Waals surface area contributed by atoms with Crippen molar-refractivity contribution < 1.29 is 33.5 Å². The molecule has 2 aromatic rings. The zero-order chi connectivity index (χ0) is 30.1. The van der Waals surface area contributed by atoms with Crippen LogP contribution in [0, 0.1) is 5.41 Å². The van der Waals surface area contributed by atoms with Crippen LogP contribution in [0.3, 0.4) is 0 Å². The highest BCUT2D eigenvalue weighted by Gasteiger charge is 2.43. The lowest BCUT2D eigenvalue weighted by Gasteiger charge is -2.39. The fraction of sp³-hybridized carbons (Fsp3) is 0.647. The van der Waals surface area contributed by atoms with Crippen molar-refractivity contribution in [2.45, 2.75) is 63.6 Å². The molecule has 43 heavy (non-hydrogen) atoms. The second kappa shape index (κ2) is 15.7. The Morgan fingerprint density at radius 2 is 1.74 bits per heavy atom. The molecule has 1 aliphatic carbocycles. The van der Waals surface area contributed by atoms with E-state index in [9.17, 15) is 5.11 Å². The number of benzene rings is 2. The quantitative estimate of drug-likeness (QED) is 0.263. The third-order valence-electron chi connectivity index (χ3n) is 8.72. The largest absolute Gasteiger partial charge is 0.490 e. The summed E-state index contributed by atoms with van der Waals surface area (Å²) in [7, 11) is 3.50. The summed E-state index contributed by atoms with van der Waals surface area (Å²) < 4.78 is 35.5. The zero-order valence-corrected chi connectivity index (χ0v) is 26.1. The van der Waals surface area contributed by atoms with E-state index in [1.807, 2.05) is 0 Å². The monoisotopic (exact) mass is 598 g/mol. The number of ether oxygens (including phenoxy) is 6. The molecule has 0 aromatic heterocycles. The average Bonchev–Trinajstić information content (AvgIpc) is 3.79. The molecule has 0 amide bonds.